The largest absolute Gasteiger partial charge is 0.506 e. The van der Waals surface area contributed by atoms with Gasteiger partial charge in [0, 0.05) is 10.6 Å². The number of esters is 1. The highest BCUT2D eigenvalue weighted by Gasteiger charge is 2.33. The zero-order valence-corrected chi connectivity index (χ0v) is 16.2. The predicted octanol–water partition coefficient (Wildman–Crippen LogP) is 5.38. The van der Waals surface area contributed by atoms with E-state index < -0.39 is 17.5 Å². The number of nitrogens with zero attached hydrogens (tertiary/aromatic N) is 1. The first-order chi connectivity index (χ1) is 13.4. The number of ether oxygens (including phenoxy) is 1. The van der Waals surface area contributed by atoms with Crippen molar-refractivity contribution in [3.63, 3.8) is 0 Å². The lowest BCUT2D eigenvalue weighted by Crippen LogP contribution is -2.12. The highest BCUT2D eigenvalue weighted by molar-refractivity contribution is 8.18. The number of hydrogen-bond donors (Lipinski definition) is 2. The Bertz CT molecular complexity index is 1030. The van der Waals surface area contributed by atoms with Crippen LogP contribution in [0, 0.1) is 5.82 Å². The molecule has 8 heteroatoms. The molecule has 1 heterocycles. The summed E-state index contributed by atoms with van der Waals surface area (Å²) < 4.78 is 18.6. The Kier molecular flexibility index (Phi) is 6.06. The molecular weight excluding hydrogens is 405 g/mol. The number of halogens is 2. The first-order valence-electron chi connectivity index (χ1n) is 8.23. The lowest BCUT2D eigenvalue weighted by Gasteiger charge is -2.04. The van der Waals surface area contributed by atoms with Gasteiger partial charge in [-0.2, -0.15) is 0 Å². The van der Waals surface area contributed by atoms with Gasteiger partial charge in [-0.3, -0.25) is 0 Å². The van der Waals surface area contributed by atoms with Crippen LogP contribution in [0.1, 0.15) is 12.5 Å². The molecular formula is C20H15ClFNO4S. The fourth-order valence-electron chi connectivity index (χ4n) is 2.44. The van der Waals surface area contributed by atoms with E-state index in [0.29, 0.717) is 10.7 Å². The van der Waals surface area contributed by atoms with Crippen molar-refractivity contribution in [3.8, 4) is 5.75 Å². The summed E-state index contributed by atoms with van der Waals surface area (Å²) in [5, 5.41) is 21.1. The number of aliphatic hydroxyl groups is 1. The first-order valence-corrected chi connectivity index (χ1v) is 9.42. The van der Waals surface area contributed by atoms with E-state index in [1.54, 1.807) is 31.2 Å². The molecule has 144 valence electrons. The number of aliphatic imine (C=N–C) groups is 1. The molecule has 0 saturated carbocycles. The van der Waals surface area contributed by atoms with Crippen molar-refractivity contribution in [2.24, 2.45) is 4.99 Å². The molecule has 1 aliphatic rings. The zero-order valence-electron chi connectivity index (χ0n) is 14.6. The molecule has 0 aliphatic carbocycles. The van der Waals surface area contributed by atoms with Gasteiger partial charge in [0.15, 0.2) is 11.6 Å². The molecule has 1 aliphatic heterocycles. The average Bonchev–Trinajstić information content (AvgIpc) is 2.94. The van der Waals surface area contributed by atoms with Crippen LogP contribution in [-0.2, 0) is 9.53 Å². The minimum Gasteiger partial charge on any atom is -0.506 e. The smallest absolute Gasteiger partial charge is 0.344 e. The first kappa shape index (κ1) is 20.0. The Labute approximate surface area is 169 Å². The fraction of sp³-hybridized carbons (Fsp3) is 0.100. The SMILES string of the molecule is CCOC(=O)C1=C(O)C(=Cc2cccc(F)c2O)SC1=Nc1cccc(Cl)c1. The number of carbonyl (C=O) groups excluding carboxylic acids is 1. The third kappa shape index (κ3) is 4.21. The van der Waals surface area contributed by atoms with E-state index in [9.17, 15) is 19.4 Å². The van der Waals surface area contributed by atoms with Crippen LogP contribution < -0.4 is 0 Å². The number of phenolic OH excluding ortho intramolecular Hbond substituents is 1. The Hall–Kier alpha value is -2.77. The van der Waals surface area contributed by atoms with Gasteiger partial charge >= 0.3 is 5.97 Å². The molecule has 0 radical (unpaired) electrons. The average molecular weight is 420 g/mol. The second-order valence-electron chi connectivity index (χ2n) is 5.63. The third-order valence-corrected chi connectivity index (χ3v) is 4.97. The standard InChI is InChI=1S/C20H15ClFNO4S/c1-2-27-20(26)16-18(25)15(9-11-5-3-8-14(22)17(11)24)28-19(16)23-13-7-4-6-12(21)10-13/h3-10,24-25H,2H2,1H3. The number of carbonyl (C=O) groups is 1. The quantitative estimate of drug-likeness (QED) is 0.650. The van der Waals surface area contributed by atoms with Crippen molar-refractivity contribution < 1.29 is 24.1 Å². The maximum Gasteiger partial charge on any atom is 0.344 e. The van der Waals surface area contributed by atoms with Crippen molar-refractivity contribution >= 4 is 46.1 Å². The minimum absolute atomic E-state index is 0.103. The van der Waals surface area contributed by atoms with E-state index in [1.165, 1.54) is 18.2 Å². The normalized spacial score (nSPS) is 16.8. The van der Waals surface area contributed by atoms with Crippen LogP contribution >= 0.6 is 23.4 Å². The summed E-state index contributed by atoms with van der Waals surface area (Å²) >= 11 is 6.97. The molecule has 0 unspecified atom stereocenters. The second kappa shape index (κ2) is 8.50. The molecule has 0 saturated heterocycles. The molecule has 2 aromatic rings. The van der Waals surface area contributed by atoms with Gasteiger partial charge in [0.2, 0.25) is 0 Å². The van der Waals surface area contributed by atoms with Crippen molar-refractivity contribution in [1.82, 2.24) is 0 Å². The number of hydrogen-bond acceptors (Lipinski definition) is 6. The summed E-state index contributed by atoms with van der Waals surface area (Å²) in [7, 11) is 0. The van der Waals surface area contributed by atoms with E-state index in [-0.39, 0.29) is 33.5 Å². The van der Waals surface area contributed by atoms with Crippen LogP contribution in [0.5, 0.6) is 5.75 Å². The van der Waals surface area contributed by atoms with Crippen molar-refractivity contribution in [3.05, 3.63) is 75.1 Å². The Morgan fingerprint density at radius 1 is 1.29 bits per heavy atom. The summed E-state index contributed by atoms with van der Waals surface area (Å²) in [6.07, 6.45) is 1.37. The topological polar surface area (TPSA) is 79.1 Å². The number of thioether (sulfide) groups is 1. The molecule has 0 spiro atoms. The molecule has 0 amide bonds. The van der Waals surface area contributed by atoms with Gasteiger partial charge in [-0.25, -0.2) is 14.2 Å². The monoisotopic (exact) mass is 419 g/mol. The predicted molar refractivity (Wildman–Crippen MR) is 108 cm³/mol. The Morgan fingerprint density at radius 2 is 2.04 bits per heavy atom. The lowest BCUT2D eigenvalue weighted by atomic mass is 10.1. The zero-order chi connectivity index (χ0) is 20.3. The number of benzene rings is 2. The number of para-hydroxylation sites is 1. The number of aromatic hydroxyl groups is 1. The van der Waals surface area contributed by atoms with E-state index in [0.717, 1.165) is 17.8 Å². The third-order valence-electron chi connectivity index (χ3n) is 3.71. The van der Waals surface area contributed by atoms with Crippen molar-refractivity contribution in [2.75, 3.05) is 6.61 Å². The maximum absolute atomic E-state index is 13.6. The van der Waals surface area contributed by atoms with Gasteiger partial charge in [0.05, 0.1) is 17.2 Å². The van der Waals surface area contributed by atoms with E-state index in [1.807, 2.05) is 0 Å². The summed E-state index contributed by atoms with van der Waals surface area (Å²) in [5.41, 5.74) is 0.537. The van der Waals surface area contributed by atoms with Gasteiger partial charge in [-0.05, 0) is 37.3 Å². The Morgan fingerprint density at radius 3 is 2.75 bits per heavy atom. The van der Waals surface area contributed by atoms with Crippen LogP contribution in [0.15, 0.2) is 63.7 Å². The molecule has 2 aromatic carbocycles. The summed E-state index contributed by atoms with van der Waals surface area (Å²) in [6, 6.07) is 10.7. The van der Waals surface area contributed by atoms with Crippen LogP contribution in [0.25, 0.3) is 6.08 Å². The number of aliphatic hydroxyl groups excluding tert-OH is 1. The molecule has 2 N–H and O–H groups in total. The summed E-state index contributed by atoms with van der Waals surface area (Å²) in [5.74, 6) is -2.44. The molecule has 0 atom stereocenters. The van der Waals surface area contributed by atoms with Crippen LogP contribution in [0.3, 0.4) is 0 Å². The second-order valence-corrected chi connectivity index (χ2v) is 7.10. The minimum atomic E-state index is -0.792. The van der Waals surface area contributed by atoms with Crippen molar-refractivity contribution in [2.45, 2.75) is 6.92 Å². The highest BCUT2D eigenvalue weighted by Crippen LogP contribution is 2.41. The van der Waals surface area contributed by atoms with Crippen LogP contribution in [0.2, 0.25) is 5.02 Å². The molecule has 0 fully saturated rings. The molecule has 0 bridgehead atoms. The van der Waals surface area contributed by atoms with Gasteiger partial charge in [-0.1, -0.05) is 41.6 Å². The summed E-state index contributed by atoms with van der Waals surface area (Å²) in [4.78, 5) is 17.0. The molecule has 0 aromatic heterocycles. The molecule has 5 nitrogen and oxygen atoms in total. The fourth-order valence-corrected chi connectivity index (χ4v) is 3.66. The van der Waals surface area contributed by atoms with Crippen molar-refractivity contribution in [1.29, 1.82) is 0 Å². The van der Waals surface area contributed by atoms with Gasteiger partial charge < -0.3 is 14.9 Å². The number of rotatable bonds is 4. The van der Waals surface area contributed by atoms with Crippen LogP contribution in [0.4, 0.5) is 10.1 Å². The van der Waals surface area contributed by atoms with Gasteiger partial charge in [-0.15, -0.1) is 0 Å². The maximum atomic E-state index is 13.6. The Balaban J connectivity index is 2.08. The van der Waals surface area contributed by atoms with Gasteiger partial charge in [0.25, 0.3) is 0 Å². The number of phenols is 1. The van der Waals surface area contributed by atoms with E-state index in [2.05, 4.69) is 4.99 Å². The molecule has 3 rings (SSSR count). The van der Waals surface area contributed by atoms with E-state index in [4.69, 9.17) is 16.3 Å². The highest BCUT2D eigenvalue weighted by atomic mass is 35.5. The van der Waals surface area contributed by atoms with E-state index >= 15 is 0 Å². The summed E-state index contributed by atoms with van der Waals surface area (Å²) in [6.45, 7) is 1.77. The van der Waals surface area contributed by atoms with Crippen LogP contribution in [-0.4, -0.2) is 27.8 Å². The lowest BCUT2D eigenvalue weighted by molar-refractivity contribution is -0.138. The van der Waals surface area contributed by atoms with Gasteiger partial charge in [0.1, 0.15) is 16.4 Å². The molecule has 28 heavy (non-hydrogen) atoms.